The zero-order valence-electron chi connectivity index (χ0n) is 8.14. The molecule has 0 unspecified atom stereocenters. The standard InChI is InChI=1S/C9H13N3O2/c1-8-2-3-12(10-8)5-4-11-6-7-14-9(11)13/h2-3H,4-7H2,1H3. The number of aryl methyl sites for hydroxylation is 1. The molecule has 5 nitrogen and oxygen atoms in total. The second-order valence-corrected chi connectivity index (χ2v) is 3.32. The molecule has 0 spiro atoms. The van der Waals surface area contributed by atoms with Crippen LogP contribution < -0.4 is 0 Å². The van der Waals surface area contributed by atoms with Crippen LogP contribution in [0, 0.1) is 6.92 Å². The van der Waals surface area contributed by atoms with Crippen LogP contribution in [-0.2, 0) is 11.3 Å². The Hall–Kier alpha value is -1.52. The molecule has 0 atom stereocenters. The van der Waals surface area contributed by atoms with E-state index in [1.54, 1.807) is 4.90 Å². The maximum atomic E-state index is 11.1. The maximum absolute atomic E-state index is 11.1. The summed E-state index contributed by atoms with van der Waals surface area (Å²) < 4.78 is 6.65. The molecule has 14 heavy (non-hydrogen) atoms. The van der Waals surface area contributed by atoms with Crippen molar-refractivity contribution in [3.63, 3.8) is 0 Å². The van der Waals surface area contributed by atoms with E-state index < -0.39 is 0 Å². The summed E-state index contributed by atoms with van der Waals surface area (Å²) in [6, 6.07) is 1.95. The lowest BCUT2D eigenvalue weighted by Crippen LogP contribution is -2.28. The Balaban J connectivity index is 1.85. The van der Waals surface area contributed by atoms with E-state index in [0.717, 1.165) is 12.2 Å². The summed E-state index contributed by atoms with van der Waals surface area (Å²) in [6.45, 7) is 4.54. The molecule has 1 fully saturated rings. The first-order chi connectivity index (χ1) is 6.75. The third kappa shape index (κ3) is 1.86. The smallest absolute Gasteiger partial charge is 0.410 e. The number of ether oxygens (including phenoxy) is 1. The van der Waals surface area contributed by atoms with E-state index in [0.29, 0.717) is 19.7 Å². The second kappa shape index (κ2) is 3.69. The molecular weight excluding hydrogens is 182 g/mol. The summed E-state index contributed by atoms with van der Waals surface area (Å²) in [5.74, 6) is 0. The van der Waals surface area contributed by atoms with E-state index >= 15 is 0 Å². The Bertz CT molecular complexity index is 335. The topological polar surface area (TPSA) is 47.4 Å². The number of hydrogen-bond donors (Lipinski definition) is 0. The highest BCUT2D eigenvalue weighted by molar-refractivity contribution is 5.69. The summed E-state index contributed by atoms with van der Waals surface area (Å²) in [7, 11) is 0. The molecule has 1 aliphatic rings. The van der Waals surface area contributed by atoms with Gasteiger partial charge in [-0.25, -0.2) is 4.79 Å². The van der Waals surface area contributed by atoms with Crippen LogP contribution in [0.2, 0.25) is 0 Å². The molecule has 1 aliphatic heterocycles. The van der Waals surface area contributed by atoms with Gasteiger partial charge in [0.1, 0.15) is 6.61 Å². The van der Waals surface area contributed by atoms with Crippen LogP contribution in [0.5, 0.6) is 0 Å². The fourth-order valence-corrected chi connectivity index (χ4v) is 1.44. The van der Waals surface area contributed by atoms with Crippen LogP contribution >= 0.6 is 0 Å². The van der Waals surface area contributed by atoms with Gasteiger partial charge in [-0.05, 0) is 13.0 Å². The highest BCUT2D eigenvalue weighted by atomic mass is 16.6. The fraction of sp³-hybridized carbons (Fsp3) is 0.556. The van der Waals surface area contributed by atoms with Crippen molar-refractivity contribution < 1.29 is 9.53 Å². The maximum Gasteiger partial charge on any atom is 0.410 e. The molecular formula is C9H13N3O2. The lowest BCUT2D eigenvalue weighted by Gasteiger charge is -2.11. The van der Waals surface area contributed by atoms with Gasteiger partial charge < -0.3 is 9.64 Å². The van der Waals surface area contributed by atoms with Gasteiger partial charge in [-0.2, -0.15) is 5.10 Å². The molecule has 0 saturated carbocycles. The van der Waals surface area contributed by atoms with E-state index in [2.05, 4.69) is 5.10 Å². The normalized spacial score (nSPS) is 16.1. The van der Waals surface area contributed by atoms with Gasteiger partial charge in [0.15, 0.2) is 0 Å². The van der Waals surface area contributed by atoms with Crippen molar-refractivity contribution in [2.75, 3.05) is 19.7 Å². The van der Waals surface area contributed by atoms with E-state index in [9.17, 15) is 4.79 Å². The van der Waals surface area contributed by atoms with Crippen LogP contribution in [0.4, 0.5) is 4.79 Å². The number of rotatable bonds is 3. The highest BCUT2D eigenvalue weighted by Gasteiger charge is 2.20. The Kier molecular flexibility index (Phi) is 2.39. The molecule has 2 rings (SSSR count). The largest absolute Gasteiger partial charge is 0.448 e. The summed E-state index contributed by atoms with van der Waals surface area (Å²) in [6.07, 6.45) is 1.70. The van der Waals surface area contributed by atoms with Crippen LogP contribution in [0.25, 0.3) is 0 Å². The molecule has 0 radical (unpaired) electrons. The second-order valence-electron chi connectivity index (χ2n) is 3.32. The van der Waals surface area contributed by atoms with Gasteiger partial charge in [0.25, 0.3) is 0 Å². The summed E-state index contributed by atoms with van der Waals surface area (Å²) in [4.78, 5) is 12.8. The van der Waals surface area contributed by atoms with E-state index in [1.165, 1.54) is 0 Å². The van der Waals surface area contributed by atoms with Crippen molar-refractivity contribution in [2.45, 2.75) is 13.5 Å². The van der Waals surface area contributed by atoms with Gasteiger partial charge >= 0.3 is 6.09 Å². The Morgan fingerprint density at radius 1 is 1.57 bits per heavy atom. The van der Waals surface area contributed by atoms with E-state index in [4.69, 9.17) is 4.74 Å². The lowest BCUT2D eigenvalue weighted by atomic mass is 10.5. The van der Waals surface area contributed by atoms with Crippen molar-refractivity contribution in [3.05, 3.63) is 18.0 Å². The average molecular weight is 195 g/mol. The minimum Gasteiger partial charge on any atom is -0.448 e. The van der Waals surface area contributed by atoms with Gasteiger partial charge in [0.2, 0.25) is 0 Å². The quantitative estimate of drug-likeness (QED) is 0.711. The number of hydrogen-bond acceptors (Lipinski definition) is 3. The molecule has 76 valence electrons. The van der Waals surface area contributed by atoms with Crippen molar-refractivity contribution >= 4 is 6.09 Å². The van der Waals surface area contributed by atoms with E-state index in [-0.39, 0.29) is 6.09 Å². The summed E-state index contributed by atoms with van der Waals surface area (Å²) >= 11 is 0. The minimum atomic E-state index is -0.214. The molecule has 1 amide bonds. The Labute approximate surface area is 82.3 Å². The molecule has 0 aliphatic carbocycles. The molecule has 1 saturated heterocycles. The number of amides is 1. The van der Waals surface area contributed by atoms with Crippen LogP contribution in [0.3, 0.4) is 0 Å². The zero-order chi connectivity index (χ0) is 9.97. The SMILES string of the molecule is Cc1ccn(CCN2CCOC2=O)n1. The molecule has 0 N–H and O–H groups in total. The number of nitrogens with zero attached hydrogens (tertiary/aromatic N) is 3. The number of carbonyl (C=O) groups excluding carboxylic acids is 1. The summed E-state index contributed by atoms with van der Waals surface area (Å²) in [5.41, 5.74) is 0.994. The molecule has 0 aromatic carbocycles. The van der Waals surface area contributed by atoms with Crippen molar-refractivity contribution in [2.24, 2.45) is 0 Å². The number of carbonyl (C=O) groups is 1. The minimum absolute atomic E-state index is 0.214. The van der Waals surface area contributed by atoms with Crippen LogP contribution in [-0.4, -0.2) is 40.5 Å². The first-order valence-corrected chi connectivity index (χ1v) is 4.67. The van der Waals surface area contributed by atoms with Crippen molar-refractivity contribution in [1.82, 2.24) is 14.7 Å². The number of cyclic esters (lactones) is 1. The third-order valence-corrected chi connectivity index (χ3v) is 2.22. The van der Waals surface area contributed by atoms with Crippen LogP contribution in [0.1, 0.15) is 5.69 Å². The van der Waals surface area contributed by atoms with Gasteiger partial charge in [0.05, 0.1) is 18.8 Å². The molecule has 1 aromatic rings. The first-order valence-electron chi connectivity index (χ1n) is 4.67. The monoisotopic (exact) mass is 195 g/mol. The zero-order valence-corrected chi connectivity index (χ0v) is 8.14. The Morgan fingerprint density at radius 2 is 2.43 bits per heavy atom. The van der Waals surface area contributed by atoms with Gasteiger partial charge in [-0.15, -0.1) is 0 Å². The van der Waals surface area contributed by atoms with Crippen LogP contribution in [0.15, 0.2) is 12.3 Å². The van der Waals surface area contributed by atoms with E-state index in [1.807, 2.05) is 23.9 Å². The molecule has 0 bridgehead atoms. The third-order valence-electron chi connectivity index (χ3n) is 2.22. The molecule has 2 heterocycles. The van der Waals surface area contributed by atoms with Crippen molar-refractivity contribution in [1.29, 1.82) is 0 Å². The highest BCUT2D eigenvalue weighted by Crippen LogP contribution is 2.03. The summed E-state index contributed by atoms with van der Waals surface area (Å²) in [5, 5.41) is 4.23. The molecule has 1 aromatic heterocycles. The average Bonchev–Trinajstić information content (AvgIpc) is 2.72. The van der Waals surface area contributed by atoms with Gasteiger partial charge in [-0.3, -0.25) is 4.68 Å². The lowest BCUT2D eigenvalue weighted by molar-refractivity contribution is 0.157. The van der Waals surface area contributed by atoms with Gasteiger partial charge in [0, 0.05) is 12.7 Å². The molecule has 5 heteroatoms. The van der Waals surface area contributed by atoms with Crippen molar-refractivity contribution in [3.8, 4) is 0 Å². The van der Waals surface area contributed by atoms with Gasteiger partial charge in [-0.1, -0.05) is 0 Å². The first kappa shape index (κ1) is 9.05. The fourth-order valence-electron chi connectivity index (χ4n) is 1.44. The Morgan fingerprint density at radius 3 is 3.00 bits per heavy atom. The number of aromatic nitrogens is 2. The predicted octanol–water partition coefficient (Wildman–Crippen LogP) is 0.644. The predicted molar refractivity (Wildman–Crippen MR) is 49.9 cm³/mol.